The number of esters is 2. The first-order valence-electron chi connectivity index (χ1n) is 13.6. The zero-order valence-electron chi connectivity index (χ0n) is 22.5. The van der Waals surface area contributed by atoms with Crippen LogP contribution in [0.5, 0.6) is 0 Å². The highest BCUT2D eigenvalue weighted by atomic mass is 19.2. The van der Waals surface area contributed by atoms with Gasteiger partial charge in [0.1, 0.15) is 13.2 Å². The van der Waals surface area contributed by atoms with E-state index in [1.54, 1.807) is 0 Å². The number of aliphatic hydroxyl groups is 2. The quantitative estimate of drug-likeness (QED) is 0.163. The summed E-state index contributed by atoms with van der Waals surface area (Å²) in [7, 11) is 0. The van der Waals surface area contributed by atoms with E-state index in [1.807, 2.05) is 0 Å². The summed E-state index contributed by atoms with van der Waals surface area (Å²) in [5.74, 6) is -3.57. The van der Waals surface area contributed by atoms with Gasteiger partial charge >= 0.3 is 11.9 Å². The fourth-order valence-corrected chi connectivity index (χ4v) is 4.88. The molecule has 0 atom stereocenters. The largest absolute Gasteiger partial charge is 0.461 e. The topological polar surface area (TPSA) is 93.1 Å². The SMILES string of the molecule is C=C(CO)C(=O)OCC(COC(=O)C(=C)CO)c1ccc(CCC2CCC(CCCCC)CC2)c(F)c1F. The lowest BCUT2D eigenvalue weighted by atomic mass is 9.77. The summed E-state index contributed by atoms with van der Waals surface area (Å²) in [6, 6.07) is 2.95. The Morgan fingerprint density at radius 2 is 1.42 bits per heavy atom. The van der Waals surface area contributed by atoms with Gasteiger partial charge in [-0.3, -0.25) is 0 Å². The number of carbonyl (C=O) groups excluding carboxylic acids is 2. The van der Waals surface area contributed by atoms with Crippen LogP contribution in [0.4, 0.5) is 8.78 Å². The van der Waals surface area contributed by atoms with E-state index in [9.17, 15) is 9.59 Å². The zero-order valence-corrected chi connectivity index (χ0v) is 22.5. The second-order valence-electron chi connectivity index (χ2n) is 10.3. The molecule has 0 unspecified atom stereocenters. The molecule has 2 rings (SSSR count). The Balaban J connectivity index is 2.04. The molecule has 0 aromatic heterocycles. The van der Waals surface area contributed by atoms with Crippen molar-refractivity contribution in [3.63, 3.8) is 0 Å². The van der Waals surface area contributed by atoms with Crippen molar-refractivity contribution in [3.8, 4) is 0 Å². The van der Waals surface area contributed by atoms with Gasteiger partial charge in [-0.05, 0) is 30.2 Å². The Bertz CT molecular complexity index is 920. The highest BCUT2D eigenvalue weighted by Gasteiger charge is 2.26. The Kier molecular flexibility index (Phi) is 13.7. The molecule has 6 nitrogen and oxygen atoms in total. The molecule has 0 spiro atoms. The standard InChI is InChI=1S/C30H42F2O6/c1-4-5-6-7-22-8-10-23(11-9-22)12-13-24-14-15-26(28(32)27(24)31)25(18-37-29(35)20(2)16-33)19-38-30(36)21(3)17-34/h14-15,22-23,25,33-34H,2-13,16-19H2,1H3. The number of benzene rings is 1. The van der Waals surface area contributed by atoms with Gasteiger partial charge in [0.2, 0.25) is 0 Å². The van der Waals surface area contributed by atoms with Crippen molar-refractivity contribution < 1.29 is 38.1 Å². The fourth-order valence-electron chi connectivity index (χ4n) is 4.88. The van der Waals surface area contributed by atoms with Gasteiger partial charge < -0.3 is 19.7 Å². The first-order chi connectivity index (χ1) is 18.2. The number of hydrogen-bond donors (Lipinski definition) is 2. The number of halogens is 2. The maximum absolute atomic E-state index is 15.2. The van der Waals surface area contributed by atoms with Crippen molar-refractivity contribution >= 4 is 11.9 Å². The molecular formula is C30H42F2O6. The molecular weight excluding hydrogens is 494 g/mol. The third-order valence-corrected chi connectivity index (χ3v) is 7.43. The molecule has 1 aliphatic rings. The third kappa shape index (κ3) is 9.62. The van der Waals surface area contributed by atoms with Crippen LogP contribution < -0.4 is 0 Å². The average Bonchev–Trinajstić information content (AvgIpc) is 2.93. The molecule has 8 heteroatoms. The highest BCUT2D eigenvalue weighted by Crippen LogP contribution is 2.35. The number of hydrogen-bond acceptors (Lipinski definition) is 6. The van der Waals surface area contributed by atoms with Gasteiger partial charge in [-0.15, -0.1) is 0 Å². The van der Waals surface area contributed by atoms with Crippen LogP contribution in [0.1, 0.15) is 81.8 Å². The number of unbranched alkanes of at least 4 members (excludes halogenated alkanes) is 2. The van der Waals surface area contributed by atoms with E-state index in [2.05, 4.69) is 20.1 Å². The zero-order chi connectivity index (χ0) is 28.1. The lowest BCUT2D eigenvalue weighted by molar-refractivity contribution is -0.143. The molecule has 0 saturated heterocycles. The summed E-state index contributed by atoms with van der Waals surface area (Å²) < 4.78 is 40.4. The molecule has 0 amide bonds. The minimum Gasteiger partial charge on any atom is -0.461 e. The number of ether oxygens (including phenoxy) is 2. The lowest BCUT2D eigenvalue weighted by Gasteiger charge is -2.28. The molecule has 1 saturated carbocycles. The van der Waals surface area contributed by atoms with Crippen molar-refractivity contribution in [1.82, 2.24) is 0 Å². The molecule has 0 bridgehead atoms. The normalized spacial score (nSPS) is 17.3. The first-order valence-corrected chi connectivity index (χ1v) is 13.6. The number of carbonyl (C=O) groups is 2. The monoisotopic (exact) mass is 536 g/mol. The summed E-state index contributed by atoms with van der Waals surface area (Å²) in [6.07, 6.45) is 11.0. The predicted molar refractivity (Wildman–Crippen MR) is 141 cm³/mol. The molecule has 212 valence electrons. The van der Waals surface area contributed by atoms with Gasteiger partial charge in [-0.25, -0.2) is 18.4 Å². The summed E-state index contributed by atoms with van der Waals surface area (Å²) in [5, 5.41) is 18.1. The Hall–Kier alpha value is -2.58. The molecule has 1 fully saturated rings. The molecule has 0 aliphatic heterocycles. The van der Waals surface area contributed by atoms with Crippen molar-refractivity contribution in [3.05, 3.63) is 59.2 Å². The smallest absolute Gasteiger partial charge is 0.335 e. The van der Waals surface area contributed by atoms with Gasteiger partial charge in [-0.1, -0.05) is 83.6 Å². The van der Waals surface area contributed by atoms with Gasteiger partial charge in [-0.2, -0.15) is 0 Å². The van der Waals surface area contributed by atoms with Gasteiger partial charge in [0.15, 0.2) is 11.6 Å². The maximum Gasteiger partial charge on any atom is 0.335 e. The molecule has 38 heavy (non-hydrogen) atoms. The van der Waals surface area contributed by atoms with E-state index in [0.717, 1.165) is 25.2 Å². The second-order valence-corrected chi connectivity index (χ2v) is 10.3. The van der Waals surface area contributed by atoms with Crippen LogP contribution in [-0.4, -0.2) is 48.6 Å². The Morgan fingerprint density at radius 3 is 1.92 bits per heavy atom. The van der Waals surface area contributed by atoms with E-state index in [1.165, 1.54) is 50.7 Å². The van der Waals surface area contributed by atoms with E-state index in [-0.39, 0.29) is 22.3 Å². The number of rotatable bonds is 16. The summed E-state index contributed by atoms with van der Waals surface area (Å²) >= 11 is 0. The molecule has 0 heterocycles. The van der Waals surface area contributed by atoms with Gasteiger partial charge in [0.05, 0.1) is 30.3 Å². The van der Waals surface area contributed by atoms with E-state index in [4.69, 9.17) is 19.7 Å². The summed E-state index contributed by atoms with van der Waals surface area (Å²) in [4.78, 5) is 23.9. The van der Waals surface area contributed by atoms with Crippen LogP contribution in [0.15, 0.2) is 36.4 Å². The lowest BCUT2D eigenvalue weighted by Crippen LogP contribution is -2.23. The second kappa shape index (κ2) is 16.4. The van der Waals surface area contributed by atoms with Gasteiger partial charge in [0.25, 0.3) is 0 Å². The van der Waals surface area contributed by atoms with Gasteiger partial charge in [0, 0.05) is 5.56 Å². The number of aryl methyl sites for hydroxylation is 1. The van der Waals surface area contributed by atoms with Crippen LogP contribution in [0.25, 0.3) is 0 Å². The first kappa shape index (κ1) is 31.6. The molecule has 1 aliphatic carbocycles. The van der Waals surface area contributed by atoms with Crippen molar-refractivity contribution in [1.29, 1.82) is 0 Å². The van der Waals surface area contributed by atoms with E-state index < -0.39 is 55.9 Å². The number of aliphatic hydroxyl groups excluding tert-OH is 2. The van der Waals surface area contributed by atoms with Crippen molar-refractivity contribution in [2.45, 2.75) is 77.0 Å². The minimum absolute atomic E-state index is 0.108. The Morgan fingerprint density at radius 1 is 0.895 bits per heavy atom. The maximum atomic E-state index is 15.2. The molecule has 1 aromatic carbocycles. The highest BCUT2D eigenvalue weighted by molar-refractivity contribution is 5.88. The molecule has 1 aromatic rings. The van der Waals surface area contributed by atoms with Crippen LogP contribution >= 0.6 is 0 Å². The van der Waals surface area contributed by atoms with E-state index in [0.29, 0.717) is 12.3 Å². The summed E-state index contributed by atoms with van der Waals surface area (Å²) in [6.45, 7) is 6.84. The van der Waals surface area contributed by atoms with Crippen molar-refractivity contribution in [2.75, 3.05) is 26.4 Å². The average molecular weight is 537 g/mol. The van der Waals surface area contributed by atoms with Crippen molar-refractivity contribution in [2.24, 2.45) is 11.8 Å². The molecule has 2 N–H and O–H groups in total. The molecule has 0 radical (unpaired) electrons. The fraction of sp³-hybridized carbons (Fsp3) is 0.600. The predicted octanol–water partition coefficient (Wildman–Crippen LogP) is 5.55. The third-order valence-electron chi connectivity index (χ3n) is 7.43. The van der Waals surface area contributed by atoms with Crippen LogP contribution in [0.3, 0.4) is 0 Å². The van der Waals surface area contributed by atoms with Crippen LogP contribution in [-0.2, 0) is 25.5 Å². The summed E-state index contributed by atoms with van der Waals surface area (Å²) in [5.41, 5.74) is -0.229. The minimum atomic E-state index is -1.08. The van der Waals surface area contributed by atoms with Crippen LogP contribution in [0.2, 0.25) is 0 Å². The van der Waals surface area contributed by atoms with Crippen LogP contribution in [0, 0.1) is 23.5 Å². The Labute approximate surface area is 224 Å². The van der Waals surface area contributed by atoms with E-state index >= 15 is 8.78 Å².